The highest BCUT2D eigenvalue weighted by molar-refractivity contribution is 6.30. The topological polar surface area (TPSA) is 134 Å². The van der Waals surface area contributed by atoms with Crippen LogP contribution in [0.25, 0.3) is 11.8 Å². The first-order valence-electron chi connectivity index (χ1n) is 10.8. The average Bonchev–Trinajstić information content (AvgIpc) is 3.33. The normalized spacial score (nSPS) is 14.5. The number of nitrogens with one attached hydrogen (secondary N) is 3. The molecule has 3 aromatic rings. The Hall–Kier alpha value is -3.76. The van der Waals surface area contributed by atoms with Crippen molar-refractivity contribution < 1.29 is 14.7 Å². The minimum Gasteiger partial charge on any atom is -0.478 e. The summed E-state index contributed by atoms with van der Waals surface area (Å²) < 4.78 is 1.50. The first-order valence-corrected chi connectivity index (χ1v) is 11.1. The molecule has 0 aliphatic carbocycles. The molecule has 1 aromatic heterocycles. The summed E-state index contributed by atoms with van der Waals surface area (Å²) in [5, 5.41) is 30.4. The Bertz CT molecular complexity index is 1160. The van der Waals surface area contributed by atoms with Crippen molar-refractivity contribution in [3.05, 3.63) is 71.0 Å². The first-order chi connectivity index (χ1) is 16.5. The van der Waals surface area contributed by atoms with E-state index in [0.717, 1.165) is 25.2 Å². The maximum Gasteiger partial charge on any atom is 0.335 e. The van der Waals surface area contributed by atoms with E-state index in [9.17, 15) is 9.59 Å². The number of amides is 1. The molecule has 2 heterocycles. The fraction of sp³-hybridized carbons (Fsp3) is 0.261. The average molecular weight is 482 g/mol. The molecule has 34 heavy (non-hydrogen) atoms. The lowest BCUT2D eigenvalue weighted by Gasteiger charge is -2.31. The smallest absolute Gasteiger partial charge is 0.335 e. The number of benzene rings is 2. The number of carbonyl (C=O) groups excluding carboxylic acids is 1. The Morgan fingerprint density at radius 2 is 2.03 bits per heavy atom. The van der Waals surface area contributed by atoms with Gasteiger partial charge in [0.1, 0.15) is 6.33 Å². The van der Waals surface area contributed by atoms with Crippen LogP contribution < -0.4 is 16.0 Å². The maximum atomic E-state index is 12.7. The summed E-state index contributed by atoms with van der Waals surface area (Å²) in [6.07, 6.45) is 5.43. The zero-order valence-corrected chi connectivity index (χ0v) is 18.9. The summed E-state index contributed by atoms with van der Waals surface area (Å²) in [7, 11) is 0. The van der Waals surface area contributed by atoms with Crippen molar-refractivity contribution in [2.24, 2.45) is 5.92 Å². The number of carboxylic acids is 1. The highest BCUT2D eigenvalue weighted by Gasteiger charge is 2.22. The number of carbonyl (C=O) groups is 2. The van der Waals surface area contributed by atoms with Crippen LogP contribution in [0, 0.1) is 5.92 Å². The lowest BCUT2D eigenvalue weighted by molar-refractivity contribution is -0.117. The van der Waals surface area contributed by atoms with Crippen molar-refractivity contribution in [2.45, 2.75) is 12.5 Å². The Labute approximate surface area is 201 Å². The van der Waals surface area contributed by atoms with Gasteiger partial charge < -0.3 is 21.1 Å². The number of hydrogen-bond donors (Lipinski definition) is 4. The van der Waals surface area contributed by atoms with Crippen LogP contribution in [0.5, 0.6) is 0 Å². The van der Waals surface area contributed by atoms with Gasteiger partial charge in [-0.25, -0.2) is 4.79 Å². The van der Waals surface area contributed by atoms with Crippen molar-refractivity contribution >= 4 is 35.2 Å². The van der Waals surface area contributed by atoms with E-state index in [4.69, 9.17) is 16.7 Å². The molecule has 11 heteroatoms. The Morgan fingerprint density at radius 3 is 2.68 bits per heavy atom. The number of tetrazole rings is 1. The van der Waals surface area contributed by atoms with Crippen molar-refractivity contribution in [1.82, 2.24) is 30.8 Å². The minimum atomic E-state index is -0.969. The van der Waals surface area contributed by atoms with Crippen LogP contribution >= 0.6 is 11.6 Å². The van der Waals surface area contributed by atoms with Crippen LogP contribution in [-0.2, 0) is 4.79 Å². The molecule has 1 aliphatic heterocycles. The second-order valence-electron chi connectivity index (χ2n) is 8.02. The molecule has 1 aliphatic rings. The van der Waals surface area contributed by atoms with Crippen LogP contribution in [0.4, 0.5) is 5.69 Å². The molecule has 0 bridgehead atoms. The number of aromatic nitrogens is 4. The van der Waals surface area contributed by atoms with Gasteiger partial charge in [-0.05, 0) is 84.4 Å². The number of rotatable bonds is 10. The Morgan fingerprint density at radius 1 is 1.24 bits per heavy atom. The molecule has 4 rings (SSSR count). The highest BCUT2D eigenvalue weighted by Crippen LogP contribution is 2.20. The first kappa shape index (κ1) is 23.4. The molecule has 0 radical (unpaired) electrons. The molecule has 4 N–H and O–H groups in total. The molecule has 1 fully saturated rings. The number of aromatic carboxylic acids is 1. The second kappa shape index (κ2) is 10.9. The van der Waals surface area contributed by atoms with E-state index >= 15 is 0 Å². The summed E-state index contributed by atoms with van der Waals surface area (Å²) >= 11 is 6.14. The number of carboxylic acid groups (broad SMARTS) is 1. The monoisotopic (exact) mass is 481 g/mol. The molecule has 176 valence electrons. The van der Waals surface area contributed by atoms with Crippen LogP contribution in [-0.4, -0.2) is 62.9 Å². The SMILES string of the molecule is O=C(/C=C/c1cc(Cl)ccc1-n1cnnn1)N[C@H](CNc1ccc(C(=O)O)cc1)CC1CNC1. The van der Waals surface area contributed by atoms with Crippen LogP contribution in [0.15, 0.2) is 54.9 Å². The standard InChI is InChI=1S/C23H24ClN7O3/c24-18-4-7-21(31-14-27-29-30-31)17(10-18)3-8-22(32)28-20(9-15-11-25-12-15)13-26-19-5-1-16(2-6-19)23(33)34/h1-8,10,14-15,20,25-26H,9,11-13H2,(H,28,32)(H,33,34)/b8-3+/t20-/m0/s1. The van der Waals surface area contributed by atoms with E-state index in [0.29, 0.717) is 28.7 Å². The zero-order chi connectivity index (χ0) is 23.9. The minimum absolute atomic E-state index is 0.109. The van der Waals surface area contributed by atoms with Gasteiger partial charge in [-0.1, -0.05) is 11.6 Å². The quantitative estimate of drug-likeness (QED) is 0.324. The summed E-state index contributed by atoms with van der Waals surface area (Å²) in [6, 6.07) is 11.7. The van der Waals surface area contributed by atoms with E-state index in [1.165, 1.54) is 17.1 Å². The van der Waals surface area contributed by atoms with Gasteiger partial charge in [0.2, 0.25) is 5.91 Å². The maximum absolute atomic E-state index is 12.7. The van der Waals surface area contributed by atoms with Crippen molar-refractivity contribution in [3.8, 4) is 5.69 Å². The summed E-state index contributed by atoms with van der Waals surface area (Å²) in [5.74, 6) is -0.711. The fourth-order valence-electron chi connectivity index (χ4n) is 3.64. The number of nitrogens with zero attached hydrogens (tertiary/aromatic N) is 4. The molecule has 10 nitrogen and oxygen atoms in total. The van der Waals surface area contributed by atoms with Crippen molar-refractivity contribution in [3.63, 3.8) is 0 Å². The largest absolute Gasteiger partial charge is 0.478 e. The van der Waals surface area contributed by atoms with E-state index in [-0.39, 0.29) is 17.5 Å². The van der Waals surface area contributed by atoms with Crippen molar-refractivity contribution in [1.29, 1.82) is 0 Å². The van der Waals surface area contributed by atoms with Gasteiger partial charge in [-0.2, -0.15) is 4.68 Å². The van der Waals surface area contributed by atoms with Gasteiger partial charge in [0, 0.05) is 34.9 Å². The molecule has 0 spiro atoms. The molecule has 0 saturated carbocycles. The van der Waals surface area contributed by atoms with E-state index in [1.54, 1.807) is 48.5 Å². The third kappa shape index (κ3) is 6.18. The number of hydrogen-bond acceptors (Lipinski definition) is 7. The van der Waals surface area contributed by atoms with Crippen molar-refractivity contribution in [2.75, 3.05) is 25.0 Å². The third-order valence-electron chi connectivity index (χ3n) is 5.51. The van der Waals surface area contributed by atoms with E-state index in [2.05, 4.69) is 31.5 Å². The van der Waals surface area contributed by atoms with Gasteiger partial charge in [-0.3, -0.25) is 4.79 Å². The Balaban J connectivity index is 1.41. The number of anilines is 1. The van der Waals surface area contributed by atoms with E-state index in [1.807, 2.05) is 0 Å². The molecule has 1 saturated heterocycles. The highest BCUT2D eigenvalue weighted by atomic mass is 35.5. The van der Waals surface area contributed by atoms with Gasteiger partial charge in [0.25, 0.3) is 0 Å². The molecular weight excluding hydrogens is 458 g/mol. The summed E-state index contributed by atoms with van der Waals surface area (Å²) in [6.45, 7) is 2.36. The number of halogens is 1. The van der Waals surface area contributed by atoms with Crippen LogP contribution in [0.2, 0.25) is 5.02 Å². The molecule has 1 amide bonds. The molecule has 1 atom stereocenters. The predicted molar refractivity (Wildman–Crippen MR) is 128 cm³/mol. The van der Waals surface area contributed by atoms with Gasteiger partial charge >= 0.3 is 5.97 Å². The second-order valence-corrected chi connectivity index (χ2v) is 8.46. The van der Waals surface area contributed by atoms with Gasteiger partial charge in [0.15, 0.2) is 0 Å². The van der Waals surface area contributed by atoms with Gasteiger partial charge in [-0.15, -0.1) is 5.10 Å². The van der Waals surface area contributed by atoms with E-state index < -0.39 is 5.97 Å². The lowest BCUT2D eigenvalue weighted by Crippen LogP contribution is -2.48. The zero-order valence-electron chi connectivity index (χ0n) is 18.2. The summed E-state index contributed by atoms with van der Waals surface area (Å²) in [5.41, 5.74) is 2.41. The fourth-order valence-corrected chi connectivity index (χ4v) is 3.82. The molecule has 2 aromatic carbocycles. The molecule has 0 unspecified atom stereocenters. The molecular formula is C23H24ClN7O3. The third-order valence-corrected chi connectivity index (χ3v) is 5.75. The lowest BCUT2D eigenvalue weighted by atomic mass is 9.94. The Kier molecular flexibility index (Phi) is 7.51. The van der Waals surface area contributed by atoms with Crippen LogP contribution in [0.1, 0.15) is 22.3 Å². The predicted octanol–water partition coefficient (Wildman–Crippen LogP) is 2.23. The van der Waals surface area contributed by atoms with Gasteiger partial charge in [0.05, 0.1) is 11.3 Å². The summed E-state index contributed by atoms with van der Waals surface area (Å²) in [4.78, 5) is 23.8. The van der Waals surface area contributed by atoms with Crippen LogP contribution in [0.3, 0.4) is 0 Å².